The van der Waals surface area contributed by atoms with Gasteiger partial charge in [0.25, 0.3) is 10.2 Å². The highest BCUT2D eigenvalue weighted by atomic mass is 32.2. The highest BCUT2D eigenvalue weighted by molar-refractivity contribution is 7.87. The zero-order valence-electron chi connectivity index (χ0n) is 10.5. The molecule has 0 saturated carbocycles. The van der Waals surface area contributed by atoms with Gasteiger partial charge in [-0.3, -0.25) is 0 Å². The second-order valence-corrected chi connectivity index (χ2v) is 6.57. The second-order valence-electron chi connectivity index (χ2n) is 4.81. The third kappa shape index (κ3) is 3.41. The maximum Gasteiger partial charge on any atom is 0.279 e. The third-order valence-electron chi connectivity index (χ3n) is 3.23. The van der Waals surface area contributed by atoms with Crippen molar-refractivity contribution in [1.29, 1.82) is 0 Å². The monoisotopic (exact) mass is 249 g/mol. The Balaban J connectivity index is 2.64. The molecule has 0 aromatic rings. The van der Waals surface area contributed by atoms with Gasteiger partial charge in [-0.15, -0.1) is 0 Å². The number of hydrogen-bond donors (Lipinski definition) is 2. The van der Waals surface area contributed by atoms with Gasteiger partial charge in [-0.05, 0) is 32.7 Å². The summed E-state index contributed by atoms with van der Waals surface area (Å²) < 4.78 is 28.1. The molecule has 0 spiro atoms. The molecule has 5 nitrogen and oxygen atoms in total. The molecule has 0 aromatic carbocycles. The number of rotatable bonds is 4. The quantitative estimate of drug-likeness (QED) is 0.746. The van der Waals surface area contributed by atoms with Gasteiger partial charge in [-0.25, -0.2) is 0 Å². The Morgan fingerprint density at radius 1 is 1.44 bits per heavy atom. The SMILES string of the molecule is CC1CCNCC1NS(=O)(=O)N(C)C(C)C. The number of nitrogens with zero attached hydrogens (tertiary/aromatic N) is 1. The molecule has 0 bridgehead atoms. The molecule has 96 valence electrons. The van der Waals surface area contributed by atoms with Gasteiger partial charge in [0, 0.05) is 25.7 Å². The molecular weight excluding hydrogens is 226 g/mol. The van der Waals surface area contributed by atoms with E-state index in [-0.39, 0.29) is 12.1 Å². The maximum absolute atomic E-state index is 12.0. The minimum Gasteiger partial charge on any atom is -0.315 e. The third-order valence-corrected chi connectivity index (χ3v) is 5.01. The summed E-state index contributed by atoms with van der Waals surface area (Å²) >= 11 is 0. The van der Waals surface area contributed by atoms with E-state index in [2.05, 4.69) is 17.0 Å². The maximum atomic E-state index is 12.0. The first-order valence-electron chi connectivity index (χ1n) is 5.80. The van der Waals surface area contributed by atoms with Crippen molar-refractivity contribution in [3.63, 3.8) is 0 Å². The van der Waals surface area contributed by atoms with Gasteiger partial charge >= 0.3 is 0 Å². The molecule has 1 fully saturated rings. The van der Waals surface area contributed by atoms with Gasteiger partial charge in [0.15, 0.2) is 0 Å². The van der Waals surface area contributed by atoms with E-state index in [1.54, 1.807) is 7.05 Å². The van der Waals surface area contributed by atoms with Crippen LogP contribution in [0.1, 0.15) is 27.2 Å². The van der Waals surface area contributed by atoms with Crippen LogP contribution in [0.4, 0.5) is 0 Å². The Hall–Kier alpha value is -0.170. The Morgan fingerprint density at radius 2 is 2.06 bits per heavy atom. The van der Waals surface area contributed by atoms with Crippen molar-refractivity contribution < 1.29 is 8.42 Å². The largest absolute Gasteiger partial charge is 0.315 e. The van der Waals surface area contributed by atoms with Crippen molar-refractivity contribution >= 4 is 10.2 Å². The lowest BCUT2D eigenvalue weighted by atomic mass is 9.96. The standard InChI is InChI=1S/C10H23N3O2S/c1-8(2)13(4)16(14,15)12-10-7-11-6-5-9(10)3/h8-12H,5-7H2,1-4H3. The lowest BCUT2D eigenvalue weighted by Gasteiger charge is -2.32. The van der Waals surface area contributed by atoms with Crippen LogP contribution in [0.5, 0.6) is 0 Å². The van der Waals surface area contributed by atoms with Crippen LogP contribution in [0, 0.1) is 5.92 Å². The normalized spacial score (nSPS) is 27.6. The average molecular weight is 249 g/mol. The smallest absolute Gasteiger partial charge is 0.279 e. The van der Waals surface area contributed by atoms with Gasteiger partial charge in [-0.2, -0.15) is 17.4 Å². The molecule has 16 heavy (non-hydrogen) atoms. The molecule has 1 rings (SSSR count). The van der Waals surface area contributed by atoms with Gasteiger partial charge in [-0.1, -0.05) is 6.92 Å². The molecule has 6 heteroatoms. The predicted molar refractivity (Wildman–Crippen MR) is 65.4 cm³/mol. The van der Waals surface area contributed by atoms with E-state index >= 15 is 0 Å². The van der Waals surface area contributed by atoms with Crippen LogP contribution in [0.15, 0.2) is 0 Å². The molecule has 0 aliphatic carbocycles. The molecule has 1 heterocycles. The fourth-order valence-electron chi connectivity index (χ4n) is 1.70. The molecule has 1 aliphatic heterocycles. The lowest BCUT2D eigenvalue weighted by molar-refractivity contribution is 0.315. The zero-order chi connectivity index (χ0) is 12.3. The summed E-state index contributed by atoms with van der Waals surface area (Å²) in [6.45, 7) is 7.50. The zero-order valence-corrected chi connectivity index (χ0v) is 11.3. The average Bonchev–Trinajstić information content (AvgIpc) is 2.20. The number of piperidine rings is 1. The minimum absolute atomic E-state index is 0.0000463. The van der Waals surface area contributed by atoms with E-state index in [1.807, 2.05) is 13.8 Å². The van der Waals surface area contributed by atoms with E-state index < -0.39 is 10.2 Å². The Morgan fingerprint density at radius 3 is 2.56 bits per heavy atom. The van der Waals surface area contributed by atoms with E-state index in [9.17, 15) is 8.42 Å². The van der Waals surface area contributed by atoms with Crippen LogP contribution < -0.4 is 10.0 Å². The summed E-state index contributed by atoms with van der Waals surface area (Å²) in [4.78, 5) is 0. The summed E-state index contributed by atoms with van der Waals surface area (Å²) in [6, 6.07) is -0.0238. The molecule has 0 radical (unpaired) electrons. The number of nitrogens with one attached hydrogen (secondary N) is 2. The van der Waals surface area contributed by atoms with Gasteiger partial charge in [0.1, 0.15) is 0 Å². The molecule has 2 N–H and O–H groups in total. The highest BCUT2D eigenvalue weighted by Crippen LogP contribution is 2.13. The molecule has 2 unspecified atom stereocenters. The van der Waals surface area contributed by atoms with E-state index in [0.29, 0.717) is 12.5 Å². The van der Waals surface area contributed by atoms with Crippen LogP contribution in [-0.2, 0) is 10.2 Å². The van der Waals surface area contributed by atoms with Gasteiger partial charge in [0.05, 0.1) is 0 Å². The van der Waals surface area contributed by atoms with Crippen molar-refractivity contribution in [2.45, 2.75) is 39.3 Å². The highest BCUT2D eigenvalue weighted by Gasteiger charge is 2.28. The van der Waals surface area contributed by atoms with E-state index in [4.69, 9.17) is 0 Å². The molecule has 1 saturated heterocycles. The number of hydrogen-bond acceptors (Lipinski definition) is 3. The van der Waals surface area contributed by atoms with E-state index in [1.165, 1.54) is 4.31 Å². The fraction of sp³-hybridized carbons (Fsp3) is 1.00. The molecule has 1 aliphatic rings. The first-order chi connectivity index (χ1) is 7.34. The Bertz CT molecular complexity index is 316. The summed E-state index contributed by atoms with van der Waals surface area (Å²) in [6.07, 6.45) is 1.01. The van der Waals surface area contributed by atoms with Crippen LogP contribution in [0.3, 0.4) is 0 Å². The van der Waals surface area contributed by atoms with Crippen molar-refractivity contribution in [2.24, 2.45) is 5.92 Å². The minimum atomic E-state index is -3.35. The summed E-state index contributed by atoms with van der Waals surface area (Å²) in [5.41, 5.74) is 0. The molecule has 0 aromatic heterocycles. The van der Waals surface area contributed by atoms with Gasteiger partial charge < -0.3 is 5.32 Å². The van der Waals surface area contributed by atoms with Crippen molar-refractivity contribution in [3.8, 4) is 0 Å². The molecular formula is C10H23N3O2S. The first-order valence-corrected chi connectivity index (χ1v) is 7.24. The van der Waals surface area contributed by atoms with Crippen molar-refractivity contribution in [1.82, 2.24) is 14.3 Å². The van der Waals surface area contributed by atoms with Crippen LogP contribution in [0.2, 0.25) is 0 Å². The predicted octanol–water partition coefficient (Wildman–Crippen LogP) is 0.159. The second kappa shape index (κ2) is 5.44. The molecule has 2 atom stereocenters. The summed E-state index contributed by atoms with van der Waals surface area (Å²) in [7, 11) is -1.74. The summed E-state index contributed by atoms with van der Waals surface area (Å²) in [5.74, 6) is 0.386. The fourth-order valence-corrected chi connectivity index (χ4v) is 3.12. The van der Waals surface area contributed by atoms with Crippen LogP contribution >= 0.6 is 0 Å². The molecule has 0 amide bonds. The van der Waals surface area contributed by atoms with Crippen molar-refractivity contribution in [3.05, 3.63) is 0 Å². The topological polar surface area (TPSA) is 61.4 Å². The Kier molecular flexibility index (Phi) is 4.73. The summed E-state index contributed by atoms with van der Waals surface area (Å²) in [5, 5.41) is 3.21. The van der Waals surface area contributed by atoms with Gasteiger partial charge in [0.2, 0.25) is 0 Å². The first kappa shape index (κ1) is 13.9. The van der Waals surface area contributed by atoms with Crippen molar-refractivity contribution in [2.75, 3.05) is 20.1 Å². The Labute approximate surface area is 98.8 Å². The van der Waals surface area contributed by atoms with Crippen LogP contribution in [-0.4, -0.2) is 44.9 Å². The van der Waals surface area contributed by atoms with E-state index in [0.717, 1.165) is 13.0 Å². The van der Waals surface area contributed by atoms with Crippen LogP contribution in [0.25, 0.3) is 0 Å². The lowest BCUT2D eigenvalue weighted by Crippen LogP contribution is -2.54.